The summed E-state index contributed by atoms with van der Waals surface area (Å²) in [5.41, 5.74) is 3.82. The zero-order chi connectivity index (χ0) is 23.8. The molecule has 0 spiro atoms. The van der Waals surface area contributed by atoms with Gasteiger partial charge in [-0.2, -0.15) is 5.26 Å². The molecular formula is C26H26N2O5. The Balaban J connectivity index is 1.54. The first-order valence-corrected chi connectivity index (χ1v) is 10.5. The number of benzene rings is 2. The number of para-hydroxylation sites is 1. The summed E-state index contributed by atoms with van der Waals surface area (Å²) in [6, 6.07) is 18.3. The van der Waals surface area contributed by atoms with Gasteiger partial charge in [0.1, 0.15) is 17.6 Å². The van der Waals surface area contributed by atoms with E-state index in [9.17, 15) is 9.59 Å². The summed E-state index contributed by atoms with van der Waals surface area (Å²) in [6.07, 6.45) is 0.810. The van der Waals surface area contributed by atoms with Crippen LogP contribution in [0.25, 0.3) is 0 Å². The highest BCUT2D eigenvalue weighted by atomic mass is 16.6. The highest BCUT2D eigenvalue weighted by molar-refractivity contribution is 5.99. The maximum Gasteiger partial charge on any atom is 0.344 e. The molecule has 7 nitrogen and oxygen atoms in total. The second-order valence-electron chi connectivity index (χ2n) is 7.52. The third-order valence-electron chi connectivity index (χ3n) is 5.37. The van der Waals surface area contributed by atoms with Gasteiger partial charge in [-0.3, -0.25) is 4.79 Å². The topological polar surface area (TPSA) is 90.6 Å². The highest BCUT2D eigenvalue weighted by Crippen LogP contribution is 2.19. The average Bonchev–Trinajstić information content (AvgIpc) is 3.13. The van der Waals surface area contributed by atoms with Crippen LogP contribution in [0.4, 0.5) is 0 Å². The van der Waals surface area contributed by atoms with Crippen LogP contribution in [0, 0.1) is 25.2 Å². The van der Waals surface area contributed by atoms with E-state index in [4.69, 9.17) is 19.5 Å². The van der Waals surface area contributed by atoms with Gasteiger partial charge in [0.25, 0.3) is 0 Å². The molecule has 0 N–H and O–H groups in total. The number of hydrogen-bond donors (Lipinski definition) is 0. The summed E-state index contributed by atoms with van der Waals surface area (Å²) in [7, 11) is 1.64. The molecule has 3 rings (SSSR count). The molecule has 0 atom stereocenters. The fraction of sp³-hybridized carbons (Fsp3) is 0.269. The lowest BCUT2D eigenvalue weighted by atomic mass is 10.1. The van der Waals surface area contributed by atoms with Crippen molar-refractivity contribution in [2.75, 3.05) is 20.3 Å². The summed E-state index contributed by atoms with van der Waals surface area (Å²) >= 11 is 0. The van der Waals surface area contributed by atoms with Crippen LogP contribution >= 0.6 is 0 Å². The number of nitriles is 1. The molecule has 0 aliphatic rings. The van der Waals surface area contributed by atoms with Crippen LogP contribution < -0.4 is 9.47 Å². The fourth-order valence-corrected chi connectivity index (χ4v) is 3.55. The predicted octanol–water partition coefficient (Wildman–Crippen LogP) is 4.03. The Morgan fingerprint density at radius 3 is 2.45 bits per heavy atom. The zero-order valence-corrected chi connectivity index (χ0v) is 19.0. The van der Waals surface area contributed by atoms with Crippen LogP contribution in [0.3, 0.4) is 0 Å². The minimum absolute atomic E-state index is 0.274. The van der Waals surface area contributed by atoms with Gasteiger partial charge in [0.2, 0.25) is 5.78 Å². The van der Waals surface area contributed by atoms with E-state index in [1.54, 1.807) is 31.4 Å². The van der Waals surface area contributed by atoms with Gasteiger partial charge in [-0.05, 0) is 56.2 Å². The normalized spacial score (nSPS) is 10.4. The third kappa shape index (κ3) is 6.01. The van der Waals surface area contributed by atoms with Crippen molar-refractivity contribution in [2.24, 2.45) is 0 Å². The minimum atomic E-state index is -0.676. The molecule has 0 saturated carbocycles. The van der Waals surface area contributed by atoms with E-state index in [2.05, 4.69) is 4.57 Å². The third-order valence-corrected chi connectivity index (χ3v) is 5.37. The van der Waals surface area contributed by atoms with E-state index in [1.165, 1.54) is 5.56 Å². The molecule has 7 heteroatoms. The summed E-state index contributed by atoms with van der Waals surface area (Å²) in [5.74, 6) is 0.159. The number of esters is 1. The molecule has 0 unspecified atom stereocenters. The summed E-state index contributed by atoms with van der Waals surface area (Å²) < 4.78 is 17.7. The van der Waals surface area contributed by atoms with E-state index in [-0.39, 0.29) is 19.0 Å². The molecule has 1 heterocycles. The fourth-order valence-electron chi connectivity index (χ4n) is 3.55. The lowest BCUT2D eigenvalue weighted by molar-refractivity contribution is -0.144. The largest absolute Gasteiger partial charge is 0.497 e. The number of Topliss-reactive ketones (excluding diaryl/α,β-unsaturated/α-hetero) is 1. The molecule has 1 aromatic heterocycles. The maximum atomic E-state index is 12.7. The number of methoxy groups -OCH3 is 1. The average molecular weight is 447 g/mol. The van der Waals surface area contributed by atoms with Crippen LogP contribution in [-0.2, 0) is 22.5 Å². The monoisotopic (exact) mass is 446 g/mol. The van der Waals surface area contributed by atoms with Gasteiger partial charge in [0, 0.05) is 23.5 Å². The van der Waals surface area contributed by atoms with Crippen molar-refractivity contribution >= 4 is 11.8 Å². The first kappa shape index (κ1) is 23.6. The molecule has 170 valence electrons. The van der Waals surface area contributed by atoms with Gasteiger partial charge in [0.15, 0.2) is 13.2 Å². The standard InChI is InChI=1S/C26H26N2O5/c1-18-14-23(19(2)28(18)13-12-20-8-10-22(31-3)11-9-20)24(29)16-33-26(30)17-32-25-7-5-4-6-21(25)15-27/h4-11,14H,12-13,16-17H2,1-3H3. The molecule has 2 aromatic carbocycles. The van der Waals surface area contributed by atoms with E-state index in [0.717, 1.165) is 30.1 Å². The van der Waals surface area contributed by atoms with Crippen LogP contribution in [-0.4, -0.2) is 36.6 Å². The van der Waals surface area contributed by atoms with Crippen molar-refractivity contribution in [1.29, 1.82) is 5.26 Å². The second kappa shape index (κ2) is 11.0. The molecule has 0 fully saturated rings. The number of hydrogen-bond acceptors (Lipinski definition) is 6. The van der Waals surface area contributed by atoms with Crippen molar-refractivity contribution in [2.45, 2.75) is 26.8 Å². The molecule has 0 saturated heterocycles. The lowest BCUT2D eigenvalue weighted by Crippen LogP contribution is -2.20. The van der Waals surface area contributed by atoms with E-state index >= 15 is 0 Å². The SMILES string of the molecule is COc1ccc(CCn2c(C)cc(C(=O)COC(=O)COc3ccccc3C#N)c2C)cc1. The van der Waals surface area contributed by atoms with Crippen molar-refractivity contribution in [3.05, 3.63) is 82.7 Å². The van der Waals surface area contributed by atoms with Crippen molar-refractivity contribution in [3.63, 3.8) is 0 Å². The number of ether oxygens (including phenoxy) is 3. The summed E-state index contributed by atoms with van der Waals surface area (Å²) in [5, 5.41) is 9.06. The molecule has 33 heavy (non-hydrogen) atoms. The predicted molar refractivity (Wildman–Crippen MR) is 123 cm³/mol. The Morgan fingerprint density at radius 1 is 1.03 bits per heavy atom. The Kier molecular flexibility index (Phi) is 7.87. The Bertz CT molecular complexity index is 1170. The number of carbonyl (C=O) groups is 2. The van der Waals surface area contributed by atoms with Crippen molar-refractivity contribution in [3.8, 4) is 17.6 Å². The van der Waals surface area contributed by atoms with Crippen LogP contribution in [0.2, 0.25) is 0 Å². The maximum absolute atomic E-state index is 12.7. The highest BCUT2D eigenvalue weighted by Gasteiger charge is 2.18. The number of aromatic nitrogens is 1. The van der Waals surface area contributed by atoms with Gasteiger partial charge in [-0.25, -0.2) is 4.79 Å². The molecular weight excluding hydrogens is 420 g/mol. The first-order chi connectivity index (χ1) is 15.9. The smallest absolute Gasteiger partial charge is 0.344 e. The van der Waals surface area contributed by atoms with E-state index in [1.807, 2.05) is 50.2 Å². The van der Waals surface area contributed by atoms with Gasteiger partial charge >= 0.3 is 5.97 Å². The number of ketones is 1. The Morgan fingerprint density at radius 2 is 1.76 bits per heavy atom. The van der Waals surface area contributed by atoms with E-state index < -0.39 is 5.97 Å². The van der Waals surface area contributed by atoms with Crippen LogP contribution in [0.1, 0.15) is 32.9 Å². The minimum Gasteiger partial charge on any atom is -0.497 e. The number of carbonyl (C=O) groups excluding carboxylic acids is 2. The van der Waals surface area contributed by atoms with Crippen molar-refractivity contribution in [1.82, 2.24) is 4.57 Å². The molecule has 0 aliphatic carbocycles. The van der Waals surface area contributed by atoms with Crippen molar-refractivity contribution < 1.29 is 23.8 Å². The van der Waals surface area contributed by atoms with E-state index in [0.29, 0.717) is 16.9 Å². The second-order valence-corrected chi connectivity index (χ2v) is 7.52. The van der Waals surface area contributed by atoms with Crippen LogP contribution in [0.5, 0.6) is 11.5 Å². The number of aryl methyl sites for hydroxylation is 2. The quantitative estimate of drug-likeness (QED) is 0.345. The van der Waals surface area contributed by atoms with Gasteiger partial charge in [-0.1, -0.05) is 24.3 Å². The molecule has 0 radical (unpaired) electrons. The summed E-state index contributed by atoms with van der Waals surface area (Å²) in [4.78, 5) is 24.7. The number of rotatable bonds is 10. The number of nitrogens with zero attached hydrogens (tertiary/aromatic N) is 2. The van der Waals surface area contributed by atoms with Gasteiger partial charge in [-0.15, -0.1) is 0 Å². The summed E-state index contributed by atoms with van der Waals surface area (Å²) in [6.45, 7) is 3.81. The lowest BCUT2D eigenvalue weighted by Gasteiger charge is -2.11. The Labute approximate surface area is 193 Å². The van der Waals surface area contributed by atoms with Crippen LogP contribution in [0.15, 0.2) is 54.6 Å². The zero-order valence-electron chi connectivity index (χ0n) is 19.0. The molecule has 0 aliphatic heterocycles. The first-order valence-electron chi connectivity index (χ1n) is 10.5. The Hall–Kier alpha value is -4.05. The molecule has 0 amide bonds. The molecule has 3 aromatic rings. The molecule has 0 bridgehead atoms. The van der Waals surface area contributed by atoms with Gasteiger partial charge in [0.05, 0.1) is 12.7 Å². The van der Waals surface area contributed by atoms with Gasteiger partial charge < -0.3 is 18.8 Å².